The molecule has 0 aliphatic rings. The Morgan fingerprint density at radius 1 is 1.00 bits per heavy atom. The number of para-hydroxylation sites is 1. The molecule has 0 aliphatic carbocycles. The van der Waals surface area contributed by atoms with E-state index in [1.54, 1.807) is 62.7 Å². The van der Waals surface area contributed by atoms with E-state index in [1.807, 2.05) is 0 Å². The van der Waals surface area contributed by atoms with E-state index in [2.05, 4.69) is 20.8 Å². The van der Waals surface area contributed by atoms with Gasteiger partial charge in [-0.05, 0) is 43.3 Å². The number of rotatable bonds is 7. The van der Waals surface area contributed by atoms with E-state index in [-0.39, 0.29) is 18.1 Å². The summed E-state index contributed by atoms with van der Waals surface area (Å²) in [5, 5.41) is 13.7. The third kappa shape index (κ3) is 4.90. The van der Waals surface area contributed by atoms with Gasteiger partial charge in [-0.2, -0.15) is 10.2 Å². The minimum absolute atomic E-state index is 0.0356. The van der Waals surface area contributed by atoms with Crippen LogP contribution in [0.15, 0.2) is 67.1 Å². The minimum Gasteiger partial charge on any atom is -0.497 e. The van der Waals surface area contributed by atoms with Crippen molar-refractivity contribution in [1.29, 1.82) is 0 Å². The van der Waals surface area contributed by atoms with Gasteiger partial charge in [0.2, 0.25) is 5.91 Å². The lowest BCUT2D eigenvalue weighted by molar-refractivity contribution is -0.116. The van der Waals surface area contributed by atoms with Crippen molar-refractivity contribution in [1.82, 2.24) is 19.6 Å². The van der Waals surface area contributed by atoms with E-state index in [4.69, 9.17) is 4.74 Å². The molecule has 0 unspecified atom stereocenters. The minimum atomic E-state index is -0.440. The lowest BCUT2D eigenvalue weighted by Gasteiger charge is -2.07. The number of methoxy groups -OCH3 is 1. The second kappa shape index (κ2) is 9.35. The van der Waals surface area contributed by atoms with Crippen LogP contribution in [-0.2, 0) is 11.3 Å². The Morgan fingerprint density at radius 2 is 1.76 bits per heavy atom. The SMILES string of the molecule is COc1ccc(NC(=O)Cn2cc(NC(=O)c3cnn(-c4ccccc4F)c3C)cn2)cc1. The summed E-state index contributed by atoms with van der Waals surface area (Å²) in [7, 11) is 1.57. The molecule has 2 heterocycles. The Morgan fingerprint density at radius 3 is 2.48 bits per heavy atom. The molecule has 168 valence electrons. The average Bonchev–Trinajstić information content (AvgIpc) is 3.40. The lowest BCUT2D eigenvalue weighted by Crippen LogP contribution is -2.19. The molecule has 2 aromatic heterocycles. The van der Waals surface area contributed by atoms with E-state index >= 15 is 0 Å². The number of benzene rings is 2. The molecule has 2 N–H and O–H groups in total. The van der Waals surface area contributed by atoms with Gasteiger partial charge in [-0.3, -0.25) is 14.3 Å². The summed E-state index contributed by atoms with van der Waals surface area (Å²) in [6, 6.07) is 13.1. The standard InChI is InChI=1S/C23H21FN6O3/c1-15-19(12-26-30(15)21-6-4-3-5-20(21)24)23(32)28-17-11-25-29(13-17)14-22(31)27-16-7-9-18(33-2)10-8-16/h3-13H,14H2,1-2H3,(H,27,31)(H,28,32). The quantitative estimate of drug-likeness (QED) is 0.451. The van der Waals surface area contributed by atoms with Crippen LogP contribution in [0.4, 0.5) is 15.8 Å². The van der Waals surface area contributed by atoms with Crippen LogP contribution in [-0.4, -0.2) is 38.5 Å². The summed E-state index contributed by atoms with van der Waals surface area (Å²) in [6.45, 7) is 1.65. The number of amides is 2. The van der Waals surface area contributed by atoms with Gasteiger partial charge in [0.15, 0.2) is 0 Å². The van der Waals surface area contributed by atoms with E-state index < -0.39 is 11.7 Å². The van der Waals surface area contributed by atoms with Gasteiger partial charge in [0.05, 0.1) is 36.4 Å². The average molecular weight is 448 g/mol. The van der Waals surface area contributed by atoms with Crippen LogP contribution >= 0.6 is 0 Å². The summed E-state index contributed by atoms with van der Waals surface area (Å²) < 4.78 is 21.9. The summed E-state index contributed by atoms with van der Waals surface area (Å²) in [6.07, 6.45) is 4.36. The van der Waals surface area contributed by atoms with Crippen LogP contribution in [0.1, 0.15) is 16.1 Å². The van der Waals surface area contributed by atoms with Crippen molar-refractivity contribution in [3.8, 4) is 11.4 Å². The van der Waals surface area contributed by atoms with E-state index in [0.717, 1.165) is 0 Å². The molecule has 4 aromatic rings. The second-order valence-electron chi connectivity index (χ2n) is 7.16. The molecule has 0 atom stereocenters. The van der Waals surface area contributed by atoms with Crippen LogP contribution < -0.4 is 15.4 Å². The van der Waals surface area contributed by atoms with Crippen molar-refractivity contribution in [3.05, 3.63) is 84.2 Å². The zero-order valence-electron chi connectivity index (χ0n) is 17.9. The highest BCUT2D eigenvalue weighted by Gasteiger charge is 2.17. The molecule has 2 amide bonds. The molecule has 9 nitrogen and oxygen atoms in total. The Labute approximate surface area is 188 Å². The van der Waals surface area contributed by atoms with Crippen molar-refractivity contribution >= 4 is 23.2 Å². The van der Waals surface area contributed by atoms with E-state index in [9.17, 15) is 14.0 Å². The zero-order chi connectivity index (χ0) is 23.4. The molecular weight excluding hydrogens is 427 g/mol. The van der Waals surface area contributed by atoms with Gasteiger partial charge in [0, 0.05) is 11.9 Å². The first-order valence-corrected chi connectivity index (χ1v) is 10.0. The number of aromatic nitrogens is 4. The maximum atomic E-state index is 14.1. The molecule has 0 saturated carbocycles. The van der Waals surface area contributed by atoms with Crippen LogP contribution in [0.2, 0.25) is 0 Å². The summed E-state index contributed by atoms with van der Waals surface area (Å²) in [5.74, 6) is -0.444. The summed E-state index contributed by atoms with van der Waals surface area (Å²) in [5.41, 5.74) is 2.08. The third-order valence-corrected chi connectivity index (χ3v) is 4.91. The van der Waals surface area contributed by atoms with Crippen LogP contribution in [0.5, 0.6) is 5.75 Å². The highest BCUT2D eigenvalue weighted by molar-refractivity contribution is 6.04. The smallest absolute Gasteiger partial charge is 0.259 e. The number of carbonyl (C=O) groups is 2. The normalized spacial score (nSPS) is 10.6. The number of nitrogens with zero attached hydrogens (tertiary/aromatic N) is 4. The summed E-state index contributed by atoms with van der Waals surface area (Å²) in [4.78, 5) is 25.0. The summed E-state index contributed by atoms with van der Waals surface area (Å²) >= 11 is 0. The molecule has 0 spiro atoms. The molecule has 0 fully saturated rings. The Hall–Kier alpha value is -4.47. The number of hydrogen-bond donors (Lipinski definition) is 2. The molecule has 0 bridgehead atoms. The first-order valence-electron chi connectivity index (χ1n) is 10.0. The first kappa shape index (κ1) is 21.8. The van der Waals surface area contributed by atoms with Crippen molar-refractivity contribution in [2.24, 2.45) is 0 Å². The van der Waals surface area contributed by atoms with Gasteiger partial charge in [-0.1, -0.05) is 12.1 Å². The van der Waals surface area contributed by atoms with Gasteiger partial charge in [0.25, 0.3) is 5.91 Å². The molecule has 33 heavy (non-hydrogen) atoms. The van der Waals surface area contributed by atoms with Crippen molar-refractivity contribution < 1.29 is 18.7 Å². The lowest BCUT2D eigenvalue weighted by atomic mass is 10.2. The third-order valence-electron chi connectivity index (χ3n) is 4.91. The molecule has 0 saturated heterocycles. The second-order valence-corrected chi connectivity index (χ2v) is 7.16. The van der Waals surface area contributed by atoms with Crippen molar-refractivity contribution in [2.75, 3.05) is 17.7 Å². The number of hydrogen-bond acceptors (Lipinski definition) is 5. The predicted molar refractivity (Wildman–Crippen MR) is 120 cm³/mol. The highest BCUT2D eigenvalue weighted by atomic mass is 19.1. The fraction of sp³-hybridized carbons (Fsp3) is 0.130. The Bertz CT molecular complexity index is 1300. The fourth-order valence-electron chi connectivity index (χ4n) is 3.23. The molecule has 2 aromatic carbocycles. The molecule has 10 heteroatoms. The van der Waals surface area contributed by atoms with Crippen LogP contribution in [0.3, 0.4) is 0 Å². The Balaban J connectivity index is 1.39. The Kier molecular flexibility index (Phi) is 6.16. The van der Waals surface area contributed by atoms with Gasteiger partial charge in [-0.25, -0.2) is 9.07 Å². The monoisotopic (exact) mass is 448 g/mol. The van der Waals surface area contributed by atoms with Gasteiger partial charge >= 0.3 is 0 Å². The van der Waals surface area contributed by atoms with Crippen molar-refractivity contribution in [3.63, 3.8) is 0 Å². The van der Waals surface area contributed by atoms with Gasteiger partial charge in [0.1, 0.15) is 23.8 Å². The maximum absolute atomic E-state index is 14.1. The van der Waals surface area contributed by atoms with E-state index in [1.165, 1.54) is 27.8 Å². The number of nitrogens with one attached hydrogen (secondary N) is 2. The van der Waals surface area contributed by atoms with Crippen LogP contribution in [0.25, 0.3) is 5.69 Å². The number of anilines is 2. The largest absolute Gasteiger partial charge is 0.497 e. The fourth-order valence-corrected chi connectivity index (χ4v) is 3.23. The maximum Gasteiger partial charge on any atom is 0.259 e. The number of halogens is 1. The molecular formula is C23H21FN6O3. The number of ether oxygens (including phenoxy) is 1. The van der Waals surface area contributed by atoms with E-state index in [0.29, 0.717) is 28.4 Å². The zero-order valence-corrected chi connectivity index (χ0v) is 17.9. The van der Waals surface area contributed by atoms with Crippen LogP contribution in [0, 0.1) is 12.7 Å². The molecule has 0 aliphatic heterocycles. The molecule has 0 radical (unpaired) electrons. The molecule has 4 rings (SSSR count). The van der Waals surface area contributed by atoms with Crippen molar-refractivity contribution in [2.45, 2.75) is 13.5 Å². The number of carbonyl (C=O) groups excluding carboxylic acids is 2. The predicted octanol–water partition coefficient (Wildman–Crippen LogP) is 3.42. The topological polar surface area (TPSA) is 103 Å². The first-order chi connectivity index (χ1) is 15.9. The van der Waals surface area contributed by atoms with Gasteiger partial charge in [-0.15, -0.1) is 0 Å². The highest BCUT2D eigenvalue weighted by Crippen LogP contribution is 2.18. The van der Waals surface area contributed by atoms with Gasteiger partial charge < -0.3 is 15.4 Å².